The first-order chi connectivity index (χ1) is 10.3. The maximum atomic E-state index is 12.2. The highest BCUT2D eigenvalue weighted by atomic mass is 32.2. The number of rotatable bonds is 4. The second-order valence-corrected chi connectivity index (χ2v) is 7.54. The molecule has 2 rings (SSSR count). The van der Waals surface area contributed by atoms with Crippen LogP contribution in [0.15, 0.2) is 47.4 Å². The Morgan fingerprint density at radius 3 is 2.05 bits per heavy atom. The minimum atomic E-state index is -3.22. The lowest BCUT2D eigenvalue weighted by atomic mass is 10.1. The van der Waals surface area contributed by atoms with Gasteiger partial charge in [0.25, 0.3) is 5.91 Å². The Morgan fingerprint density at radius 2 is 1.55 bits per heavy atom. The van der Waals surface area contributed by atoms with Crippen LogP contribution in [0.25, 0.3) is 0 Å². The van der Waals surface area contributed by atoms with Gasteiger partial charge in [-0.05, 0) is 50.2 Å². The molecule has 0 fully saturated rings. The van der Waals surface area contributed by atoms with E-state index in [1.54, 1.807) is 19.1 Å². The van der Waals surface area contributed by atoms with Crippen molar-refractivity contribution in [3.05, 3.63) is 59.2 Å². The second kappa shape index (κ2) is 6.32. The minimum absolute atomic E-state index is 0.0568. The molecule has 0 aliphatic carbocycles. The number of hydrogen-bond donors (Lipinski definition) is 1. The number of carbonyl (C=O) groups excluding carboxylic acids is 1. The summed E-state index contributed by atoms with van der Waals surface area (Å²) in [6, 6.07) is 11.9. The van der Waals surface area contributed by atoms with Crippen molar-refractivity contribution >= 4 is 21.4 Å². The zero-order valence-electron chi connectivity index (χ0n) is 12.9. The van der Waals surface area contributed by atoms with E-state index in [-0.39, 0.29) is 16.6 Å². The molecule has 2 aromatic rings. The number of sulfone groups is 1. The number of aryl methyl sites for hydroxylation is 2. The van der Waals surface area contributed by atoms with E-state index in [0.29, 0.717) is 11.3 Å². The molecule has 0 unspecified atom stereocenters. The van der Waals surface area contributed by atoms with Gasteiger partial charge in [0, 0.05) is 11.3 Å². The predicted molar refractivity (Wildman–Crippen MR) is 88.0 cm³/mol. The molecule has 0 saturated heterocycles. The van der Waals surface area contributed by atoms with Gasteiger partial charge in [0.15, 0.2) is 9.84 Å². The molecule has 1 amide bonds. The van der Waals surface area contributed by atoms with E-state index < -0.39 is 9.84 Å². The Hall–Kier alpha value is -2.14. The Bertz CT molecular complexity index is 773. The summed E-state index contributed by atoms with van der Waals surface area (Å²) in [5, 5.41) is 2.78. The van der Waals surface area contributed by atoms with Crippen molar-refractivity contribution in [1.82, 2.24) is 0 Å². The third-order valence-corrected chi connectivity index (χ3v) is 5.09. The van der Waals surface area contributed by atoms with Crippen molar-refractivity contribution in [2.75, 3.05) is 11.1 Å². The monoisotopic (exact) mass is 317 g/mol. The lowest BCUT2D eigenvalue weighted by molar-refractivity contribution is 0.102. The van der Waals surface area contributed by atoms with Crippen molar-refractivity contribution in [2.45, 2.75) is 25.7 Å². The van der Waals surface area contributed by atoms with Crippen molar-refractivity contribution in [1.29, 1.82) is 0 Å². The van der Waals surface area contributed by atoms with Gasteiger partial charge in [0.1, 0.15) is 0 Å². The van der Waals surface area contributed by atoms with Crippen LogP contribution in [0, 0.1) is 13.8 Å². The van der Waals surface area contributed by atoms with Crippen LogP contribution in [0.3, 0.4) is 0 Å². The molecule has 0 spiro atoms. The van der Waals surface area contributed by atoms with Crippen molar-refractivity contribution < 1.29 is 13.2 Å². The summed E-state index contributed by atoms with van der Waals surface area (Å²) < 4.78 is 23.5. The quantitative estimate of drug-likeness (QED) is 0.940. The largest absolute Gasteiger partial charge is 0.322 e. The predicted octanol–water partition coefficient (Wildman–Crippen LogP) is 3.35. The number of amides is 1. The van der Waals surface area contributed by atoms with Crippen LogP contribution in [0.4, 0.5) is 5.69 Å². The lowest BCUT2D eigenvalue weighted by Crippen LogP contribution is -2.12. The van der Waals surface area contributed by atoms with E-state index >= 15 is 0 Å². The van der Waals surface area contributed by atoms with Gasteiger partial charge < -0.3 is 5.32 Å². The number of nitrogens with one attached hydrogen (secondary N) is 1. The minimum Gasteiger partial charge on any atom is -0.322 e. The summed E-state index contributed by atoms with van der Waals surface area (Å²) in [5.74, 6) is -0.153. The molecule has 22 heavy (non-hydrogen) atoms. The number of hydrogen-bond acceptors (Lipinski definition) is 3. The van der Waals surface area contributed by atoms with Crippen molar-refractivity contribution in [3.63, 3.8) is 0 Å². The fourth-order valence-electron chi connectivity index (χ4n) is 2.22. The van der Waals surface area contributed by atoms with Crippen LogP contribution in [0.2, 0.25) is 0 Å². The highest BCUT2D eigenvalue weighted by Gasteiger charge is 2.12. The van der Waals surface area contributed by atoms with Gasteiger partial charge >= 0.3 is 0 Å². The van der Waals surface area contributed by atoms with E-state index in [1.165, 1.54) is 12.1 Å². The van der Waals surface area contributed by atoms with Crippen LogP contribution < -0.4 is 5.32 Å². The maximum absolute atomic E-state index is 12.2. The van der Waals surface area contributed by atoms with Crippen molar-refractivity contribution in [2.24, 2.45) is 0 Å². The molecule has 0 radical (unpaired) electrons. The van der Waals surface area contributed by atoms with Gasteiger partial charge in [-0.3, -0.25) is 4.79 Å². The number of benzene rings is 2. The lowest BCUT2D eigenvalue weighted by Gasteiger charge is -2.08. The maximum Gasteiger partial charge on any atom is 0.255 e. The molecule has 0 atom stereocenters. The molecule has 5 heteroatoms. The fourth-order valence-corrected chi connectivity index (χ4v) is 3.11. The molecular weight excluding hydrogens is 298 g/mol. The molecule has 2 aromatic carbocycles. The molecule has 116 valence electrons. The second-order valence-electron chi connectivity index (χ2n) is 5.26. The molecular formula is C17H19NO3S. The topological polar surface area (TPSA) is 63.2 Å². The van der Waals surface area contributed by atoms with E-state index in [9.17, 15) is 13.2 Å². The Balaban J connectivity index is 2.19. The zero-order chi connectivity index (χ0) is 16.3. The first-order valence-corrected chi connectivity index (χ1v) is 8.69. The van der Waals surface area contributed by atoms with Crippen molar-refractivity contribution in [3.8, 4) is 0 Å². The molecule has 0 aromatic heterocycles. The van der Waals surface area contributed by atoms with Gasteiger partial charge in [-0.15, -0.1) is 0 Å². The first kappa shape index (κ1) is 16.2. The summed E-state index contributed by atoms with van der Waals surface area (Å²) in [7, 11) is -3.22. The van der Waals surface area contributed by atoms with E-state index in [4.69, 9.17) is 0 Å². The summed E-state index contributed by atoms with van der Waals surface area (Å²) in [5.41, 5.74) is 3.20. The SMILES string of the molecule is CCS(=O)(=O)c1ccc(NC(=O)c2cc(C)cc(C)c2)cc1. The highest BCUT2D eigenvalue weighted by molar-refractivity contribution is 7.91. The van der Waals surface area contributed by atoms with E-state index in [1.807, 2.05) is 32.0 Å². The van der Waals surface area contributed by atoms with Crippen LogP contribution in [-0.4, -0.2) is 20.1 Å². The standard InChI is InChI=1S/C17H19NO3S/c1-4-22(20,21)16-7-5-15(6-8-16)18-17(19)14-10-12(2)9-13(3)11-14/h5-11H,4H2,1-3H3,(H,18,19). The molecule has 4 nitrogen and oxygen atoms in total. The van der Waals surface area contributed by atoms with Crippen LogP contribution >= 0.6 is 0 Å². The molecule has 0 bridgehead atoms. The Morgan fingerprint density at radius 1 is 1.00 bits per heavy atom. The third-order valence-electron chi connectivity index (χ3n) is 3.34. The molecule has 0 aliphatic rings. The first-order valence-electron chi connectivity index (χ1n) is 7.04. The van der Waals surface area contributed by atoms with Crippen LogP contribution in [-0.2, 0) is 9.84 Å². The van der Waals surface area contributed by atoms with E-state index in [0.717, 1.165) is 11.1 Å². The van der Waals surface area contributed by atoms with Crippen LogP contribution in [0.5, 0.6) is 0 Å². The third kappa shape index (κ3) is 3.74. The summed E-state index contributed by atoms with van der Waals surface area (Å²) in [6.45, 7) is 5.48. The van der Waals surface area contributed by atoms with Gasteiger partial charge in [-0.1, -0.05) is 24.1 Å². The smallest absolute Gasteiger partial charge is 0.255 e. The molecule has 0 heterocycles. The van der Waals surface area contributed by atoms with Gasteiger partial charge in [0.2, 0.25) is 0 Å². The van der Waals surface area contributed by atoms with Crippen LogP contribution in [0.1, 0.15) is 28.4 Å². The normalized spacial score (nSPS) is 11.2. The van der Waals surface area contributed by atoms with Gasteiger partial charge in [-0.2, -0.15) is 0 Å². The van der Waals surface area contributed by atoms with Gasteiger partial charge in [-0.25, -0.2) is 8.42 Å². The zero-order valence-corrected chi connectivity index (χ0v) is 13.7. The Kier molecular flexibility index (Phi) is 4.66. The number of anilines is 1. The molecule has 0 aliphatic heterocycles. The average molecular weight is 317 g/mol. The summed E-state index contributed by atoms with van der Waals surface area (Å²) in [6.07, 6.45) is 0. The van der Waals surface area contributed by atoms with Gasteiger partial charge in [0.05, 0.1) is 10.6 Å². The fraction of sp³-hybridized carbons (Fsp3) is 0.235. The molecule has 0 saturated carbocycles. The summed E-state index contributed by atoms with van der Waals surface area (Å²) in [4.78, 5) is 12.5. The number of carbonyl (C=O) groups is 1. The highest BCUT2D eigenvalue weighted by Crippen LogP contribution is 2.17. The Labute approximate surface area is 131 Å². The summed E-state index contributed by atoms with van der Waals surface area (Å²) >= 11 is 0. The molecule has 1 N–H and O–H groups in total. The van der Waals surface area contributed by atoms with E-state index in [2.05, 4.69) is 5.32 Å². The average Bonchev–Trinajstić information content (AvgIpc) is 2.46.